The number of benzene rings is 1. The summed E-state index contributed by atoms with van der Waals surface area (Å²) in [5.74, 6) is 0.286. The zero-order chi connectivity index (χ0) is 22.8. The van der Waals surface area contributed by atoms with Crippen LogP contribution < -0.4 is 10.6 Å². The molecule has 0 spiro atoms. The van der Waals surface area contributed by atoms with Gasteiger partial charge in [0.15, 0.2) is 0 Å². The van der Waals surface area contributed by atoms with E-state index >= 15 is 0 Å². The van der Waals surface area contributed by atoms with Crippen LogP contribution in [0.2, 0.25) is 5.02 Å². The fourth-order valence-electron chi connectivity index (χ4n) is 3.59. The second kappa shape index (κ2) is 9.42. The molecule has 6 nitrogen and oxygen atoms in total. The molecule has 3 aromatic rings. The van der Waals surface area contributed by atoms with Gasteiger partial charge in [-0.15, -0.1) is 0 Å². The third-order valence-electron chi connectivity index (χ3n) is 5.58. The molecule has 0 bridgehead atoms. The van der Waals surface area contributed by atoms with Gasteiger partial charge in [-0.05, 0) is 42.0 Å². The van der Waals surface area contributed by atoms with Crippen LogP contribution in [-0.2, 0) is 17.9 Å². The van der Waals surface area contributed by atoms with Gasteiger partial charge in [0.1, 0.15) is 11.5 Å². The number of fused-ring (bicyclic) bond motifs is 1. The first-order valence-corrected chi connectivity index (χ1v) is 11.4. The van der Waals surface area contributed by atoms with E-state index in [1.54, 1.807) is 6.07 Å². The molecule has 1 aromatic carbocycles. The lowest BCUT2D eigenvalue weighted by Gasteiger charge is -2.10. The Balaban J connectivity index is 1.37. The highest BCUT2D eigenvalue weighted by atomic mass is 79.9. The van der Waals surface area contributed by atoms with E-state index in [4.69, 9.17) is 17.0 Å². The predicted octanol–water partition coefficient (Wildman–Crippen LogP) is 4.95. The largest absolute Gasteiger partial charge is 0.384 e. The van der Waals surface area contributed by atoms with Gasteiger partial charge in [0, 0.05) is 41.4 Å². The summed E-state index contributed by atoms with van der Waals surface area (Å²) in [4.78, 5) is 17.0. The van der Waals surface area contributed by atoms with Gasteiger partial charge >= 0.3 is 0 Å². The number of nitrogens with one attached hydrogen (secondary N) is 3. The van der Waals surface area contributed by atoms with Crippen molar-refractivity contribution in [1.82, 2.24) is 20.0 Å². The standard InChI is InChI=1S/C23H22BrClFN5O/c1-13-6-17(13)14-2-5-21-30-16(12-31(21)11-14)9-28-8-15(7-27)23(32)29-10-18-19(24)3-4-20(25)22(18)26/h2-5,7-8,11-13,17,27-28H,6,9-10H2,1H3,(H,29,32)/b15-8+,27-7?. The number of hydrogen-bond acceptors (Lipinski definition) is 4. The van der Waals surface area contributed by atoms with Crippen LogP contribution in [0.15, 0.2) is 52.9 Å². The van der Waals surface area contributed by atoms with Gasteiger partial charge in [0.05, 0.1) is 22.8 Å². The Labute approximate surface area is 198 Å². The Hall–Kier alpha value is -2.71. The third-order valence-corrected chi connectivity index (χ3v) is 6.62. The smallest absolute Gasteiger partial charge is 0.254 e. The van der Waals surface area contributed by atoms with E-state index < -0.39 is 11.7 Å². The highest BCUT2D eigenvalue weighted by Crippen LogP contribution is 2.46. The highest BCUT2D eigenvalue weighted by molar-refractivity contribution is 9.10. The summed E-state index contributed by atoms with van der Waals surface area (Å²) in [6.45, 7) is 2.59. The molecule has 3 N–H and O–H groups in total. The van der Waals surface area contributed by atoms with E-state index in [0.717, 1.165) is 23.5 Å². The zero-order valence-corrected chi connectivity index (χ0v) is 19.7. The maximum Gasteiger partial charge on any atom is 0.254 e. The average Bonchev–Trinajstić information content (AvgIpc) is 3.37. The van der Waals surface area contributed by atoms with Crippen molar-refractivity contribution in [3.63, 3.8) is 0 Å². The number of amides is 1. The Morgan fingerprint density at radius 3 is 2.84 bits per heavy atom. The average molecular weight is 519 g/mol. The number of rotatable bonds is 8. The van der Waals surface area contributed by atoms with Crippen LogP contribution in [0.1, 0.15) is 36.1 Å². The maximum absolute atomic E-state index is 14.2. The molecule has 1 fully saturated rings. The number of carbonyl (C=O) groups is 1. The SMILES string of the molecule is CC1CC1c1ccc2nc(CN/C=C(\C=N)C(=O)NCc3c(Br)ccc(Cl)c3F)cn2c1. The Kier molecular flexibility index (Phi) is 6.62. The van der Waals surface area contributed by atoms with Crippen molar-refractivity contribution in [2.45, 2.75) is 32.4 Å². The molecule has 1 amide bonds. The van der Waals surface area contributed by atoms with Gasteiger partial charge in [0.25, 0.3) is 5.91 Å². The number of carbonyl (C=O) groups excluding carboxylic acids is 1. The first-order valence-electron chi connectivity index (χ1n) is 10.2. The minimum absolute atomic E-state index is 0.0202. The summed E-state index contributed by atoms with van der Waals surface area (Å²) in [6.07, 6.45) is 7.70. The number of hydrogen-bond donors (Lipinski definition) is 3. The zero-order valence-electron chi connectivity index (χ0n) is 17.3. The molecule has 1 aliphatic rings. The molecular weight excluding hydrogens is 497 g/mol. The lowest BCUT2D eigenvalue weighted by Crippen LogP contribution is -2.27. The van der Waals surface area contributed by atoms with Crippen LogP contribution in [0.4, 0.5) is 4.39 Å². The van der Waals surface area contributed by atoms with Crippen LogP contribution in [-0.4, -0.2) is 21.5 Å². The second-order valence-electron chi connectivity index (χ2n) is 7.91. The highest BCUT2D eigenvalue weighted by Gasteiger charge is 2.34. The summed E-state index contributed by atoms with van der Waals surface area (Å²) >= 11 is 9.06. The van der Waals surface area contributed by atoms with Crippen molar-refractivity contribution in [2.24, 2.45) is 5.92 Å². The number of nitrogens with zero attached hydrogens (tertiary/aromatic N) is 2. The van der Waals surface area contributed by atoms with Gasteiger partial charge in [-0.1, -0.05) is 40.5 Å². The number of halogens is 3. The van der Waals surface area contributed by atoms with Crippen LogP contribution in [0.25, 0.3) is 5.65 Å². The van der Waals surface area contributed by atoms with E-state index in [-0.39, 0.29) is 22.7 Å². The molecule has 0 aliphatic heterocycles. The molecule has 4 rings (SSSR count). The molecular formula is C23H22BrClFN5O. The quantitative estimate of drug-likeness (QED) is 0.224. The van der Waals surface area contributed by atoms with Crippen LogP contribution in [0.5, 0.6) is 0 Å². The summed E-state index contributed by atoms with van der Waals surface area (Å²) < 4.78 is 16.7. The van der Waals surface area contributed by atoms with Crippen LogP contribution >= 0.6 is 27.5 Å². The van der Waals surface area contributed by atoms with E-state index in [1.807, 2.05) is 16.7 Å². The number of imidazole rings is 1. The molecule has 2 unspecified atom stereocenters. The molecule has 9 heteroatoms. The monoisotopic (exact) mass is 517 g/mol. The van der Waals surface area contributed by atoms with Crippen molar-refractivity contribution in [2.75, 3.05) is 0 Å². The number of aromatic nitrogens is 2. The van der Waals surface area contributed by atoms with Gasteiger partial charge < -0.3 is 20.4 Å². The second-order valence-corrected chi connectivity index (χ2v) is 9.17. The summed E-state index contributed by atoms with van der Waals surface area (Å²) in [6, 6.07) is 7.20. The summed E-state index contributed by atoms with van der Waals surface area (Å²) in [7, 11) is 0. The number of pyridine rings is 1. The first-order chi connectivity index (χ1) is 15.4. The molecule has 1 saturated carbocycles. The minimum Gasteiger partial charge on any atom is -0.384 e. The van der Waals surface area contributed by atoms with E-state index in [0.29, 0.717) is 16.9 Å². The van der Waals surface area contributed by atoms with Gasteiger partial charge in [0.2, 0.25) is 0 Å². The van der Waals surface area contributed by atoms with Crippen LogP contribution in [0, 0.1) is 17.1 Å². The maximum atomic E-state index is 14.2. The van der Waals surface area contributed by atoms with Crippen molar-refractivity contribution in [1.29, 1.82) is 5.41 Å². The topological polar surface area (TPSA) is 82.3 Å². The molecule has 1 aliphatic carbocycles. The molecule has 0 saturated heterocycles. The normalized spacial score (nSPS) is 17.9. The lowest BCUT2D eigenvalue weighted by atomic mass is 10.1. The van der Waals surface area contributed by atoms with E-state index in [1.165, 1.54) is 24.3 Å². The van der Waals surface area contributed by atoms with Crippen molar-refractivity contribution >= 4 is 45.3 Å². The molecule has 32 heavy (non-hydrogen) atoms. The van der Waals surface area contributed by atoms with Gasteiger partial charge in [-0.25, -0.2) is 9.37 Å². The Morgan fingerprint density at radius 1 is 1.34 bits per heavy atom. The Morgan fingerprint density at radius 2 is 2.12 bits per heavy atom. The summed E-state index contributed by atoms with van der Waals surface area (Å²) in [5, 5.41) is 13.1. The lowest BCUT2D eigenvalue weighted by molar-refractivity contribution is -0.117. The third kappa shape index (κ3) is 4.86. The molecule has 166 valence electrons. The first kappa shape index (κ1) is 22.5. The summed E-state index contributed by atoms with van der Waals surface area (Å²) in [5.41, 5.74) is 3.36. The predicted molar refractivity (Wildman–Crippen MR) is 126 cm³/mol. The van der Waals surface area contributed by atoms with E-state index in [2.05, 4.69) is 50.7 Å². The van der Waals surface area contributed by atoms with Crippen molar-refractivity contribution in [3.8, 4) is 0 Å². The molecule has 2 atom stereocenters. The molecule has 2 aromatic heterocycles. The Bertz CT molecular complexity index is 1220. The minimum atomic E-state index is -0.592. The molecule has 2 heterocycles. The van der Waals surface area contributed by atoms with Gasteiger partial charge in [-0.3, -0.25) is 4.79 Å². The van der Waals surface area contributed by atoms with Crippen molar-refractivity contribution in [3.05, 3.63) is 80.6 Å². The van der Waals surface area contributed by atoms with Gasteiger partial charge in [-0.2, -0.15) is 0 Å². The van der Waals surface area contributed by atoms with Crippen LogP contribution in [0.3, 0.4) is 0 Å². The fraction of sp³-hybridized carbons (Fsp3) is 0.261. The molecule has 0 radical (unpaired) electrons. The van der Waals surface area contributed by atoms with E-state index in [9.17, 15) is 9.18 Å². The fourth-order valence-corrected chi connectivity index (χ4v) is 4.22. The van der Waals surface area contributed by atoms with Crippen molar-refractivity contribution < 1.29 is 9.18 Å².